The monoisotopic (exact) mass is 264 g/mol. The van der Waals surface area contributed by atoms with Crippen LogP contribution in [-0.4, -0.2) is 23.4 Å². The molecule has 0 unspecified atom stereocenters. The molecular formula is C2H3BiN2. The van der Waals surface area contributed by atoms with Gasteiger partial charge in [-0.2, -0.15) is 0 Å². The van der Waals surface area contributed by atoms with Gasteiger partial charge in [-0.15, -0.1) is 0 Å². The average Bonchev–Trinajstić information content (AvgIpc) is 1.76. The molecule has 0 radical (unpaired) electrons. The van der Waals surface area contributed by atoms with E-state index in [0.717, 1.165) is 0 Å². The Morgan fingerprint density at radius 1 is 1.80 bits per heavy atom. The van der Waals surface area contributed by atoms with Crippen LogP contribution in [0.3, 0.4) is 0 Å². The summed E-state index contributed by atoms with van der Waals surface area (Å²) in [6.45, 7) is 0. The third kappa shape index (κ3) is 0.765. The Hall–Kier alpha value is 0.223. The topological polar surface area (TPSA) is 24.4 Å². The molecule has 0 aromatic rings. The molecule has 0 spiro atoms. The fourth-order valence-electron chi connectivity index (χ4n) is 0.167. The first kappa shape index (κ1) is 3.41. The predicted molar refractivity (Wildman–Crippen MR) is 20.5 cm³/mol. The number of rotatable bonds is 0. The van der Waals surface area contributed by atoms with Gasteiger partial charge in [-0.1, -0.05) is 0 Å². The van der Waals surface area contributed by atoms with Crippen molar-refractivity contribution in [1.29, 1.82) is 0 Å². The van der Waals surface area contributed by atoms with Gasteiger partial charge in [0.05, 0.1) is 0 Å². The van der Waals surface area contributed by atoms with Gasteiger partial charge in [0.25, 0.3) is 0 Å². The van der Waals surface area contributed by atoms with Gasteiger partial charge in [0.2, 0.25) is 0 Å². The van der Waals surface area contributed by atoms with Gasteiger partial charge in [-0.25, -0.2) is 0 Å². The Bertz CT molecular complexity index is 65.7. The summed E-state index contributed by atoms with van der Waals surface area (Å²) >= 11 is -0.480. The zero-order chi connectivity index (χ0) is 3.54. The fourth-order valence-corrected chi connectivity index (χ4v) is 1.46. The molecule has 0 aromatic heterocycles. The average molecular weight is 264 g/mol. The fraction of sp³-hybridized carbons (Fsp3) is 0. The Labute approximate surface area is 42.2 Å². The Balaban J connectivity index is 2.61. The van der Waals surface area contributed by atoms with Crippen molar-refractivity contribution in [1.82, 2.24) is 3.26 Å². The van der Waals surface area contributed by atoms with Crippen LogP contribution in [0.25, 0.3) is 0 Å². The van der Waals surface area contributed by atoms with Crippen molar-refractivity contribution in [2.75, 3.05) is 0 Å². The SMILES string of the molecule is C1=C[NH][Bi]=[N]1. The molecule has 0 aliphatic carbocycles. The summed E-state index contributed by atoms with van der Waals surface area (Å²) in [5.74, 6) is 0. The van der Waals surface area contributed by atoms with Crippen molar-refractivity contribution in [2.45, 2.75) is 0 Å². The molecule has 3 heteroatoms. The van der Waals surface area contributed by atoms with E-state index in [1.807, 2.05) is 12.4 Å². The van der Waals surface area contributed by atoms with E-state index in [-0.39, 0.29) is 0 Å². The first-order chi connectivity index (χ1) is 2.50. The zero-order valence-corrected chi connectivity index (χ0v) is 6.03. The van der Waals surface area contributed by atoms with Gasteiger partial charge in [0.15, 0.2) is 0 Å². The van der Waals surface area contributed by atoms with Gasteiger partial charge in [-0.05, 0) is 0 Å². The van der Waals surface area contributed by atoms with E-state index in [4.69, 9.17) is 0 Å². The van der Waals surface area contributed by atoms with Crippen LogP contribution in [0.1, 0.15) is 0 Å². The number of hydrogen-bond donors (Lipinski definition) is 1. The first-order valence-electron chi connectivity index (χ1n) is 1.30. The molecule has 1 rings (SSSR count). The van der Waals surface area contributed by atoms with Crippen LogP contribution in [-0.2, 0) is 0 Å². The normalized spacial score (nSPS) is 16.0. The molecule has 0 saturated heterocycles. The zero-order valence-electron chi connectivity index (χ0n) is 2.55. The second kappa shape index (κ2) is 1.61. The van der Waals surface area contributed by atoms with E-state index in [9.17, 15) is 0 Å². The van der Waals surface area contributed by atoms with E-state index >= 15 is 0 Å². The Kier molecular flexibility index (Phi) is 1.10. The molecule has 0 atom stereocenters. The van der Waals surface area contributed by atoms with Crippen molar-refractivity contribution in [3.8, 4) is 0 Å². The standard InChI is InChI=1S/C2H3N2.Bi/c3-1-2-4;/h1-3H;/q-1;+1. The summed E-state index contributed by atoms with van der Waals surface area (Å²) in [7, 11) is 0. The van der Waals surface area contributed by atoms with E-state index in [1.165, 1.54) is 0 Å². The third-order valence-electron chi connectivity index (χ3n) is 0.331. The molecule has 26 valence electrons. The summed E-state index contributed by atoms with van der Waals surface area (Å²) in [5, 5.41) is 0. The van der Waals surface area contributed by atoms with Gasteiger partial charge >= 0.3 is 41.9 Å². The van der Waals surface area contributed by atoms with Crippen LogP contribution in [0.5, 0.6) is 0 Å². The van der Waals surface area contributed by atoms with Crippen LogP contribution >= 0.6 is 0 Å². The molecule has 2 nitrogen and oxygen atoms in total. The summed E-state index contributed by atoms with van der Waals surface area (Å²) in [5.41, 5.74) is 0. The predicted octanol–water partition coefficient (Wildman–Crippen LogP) is -0.136. The van der Waals surface area contributed by atoms with Crippen molar-refractivity contribution in [2.24, 2.45) is 2.87 Å². The van der Waals surface area contributed by atoms with Crippen LogP contribution in [0.15, 0.2) is 15.3 Å². The molecule has 0 saturated carbocycles. The Morgan fingerprint density at radius 3 is 3.00 bits per heavy atom. The summed E-state index contributed by atoms with van der Waals surface area (Å²) in [6, 6.07) is 0. The summed E-state index contributed by atoms with van der Waals surface area (Å²) < 4.78 is 7.03. The number of nitrogens with zero attached hydrogens (tertiary/aromatic N) is 1. The minimum absolute atomic E-state index is 0.480. The molecule has 0 bridgehead atoms. The Morgan fingerprint density at radius 2 is 2.80 bits per heavy atom. The maximum absolute atomic E-state index is 3.97. The van der Waals surface area contributed by atoms with Crippen molar-refractivity contribution in [3.63, 3.8) is 0 Å². The van der Waals surface area contributed by atoms with Gasteiger partial charge in [-0.3, -0.25) is 0 Å². The molecule has 5 heavy (non-hydrogen) atoms. The van der Waals surface area contributed by atoms with E-state index in [1.54, 1.807) is 0 Å². The van der Waals surface area contributed by atoms with Gasteiger partial charge in [0, 0.05) is 0 Å². The first-order valence-corrected chi connectivity index (χ1v) is 4.60. The number of nitrogens with one attached hydrogen (secondary N) is 1. The van der Waals surface area contributed by atoms with Crippen LogP contribution in [0.4, 0.5) is 0 Å². The van der Waals surface area contributed by atoms with Crippen LogP contribution < -0.4 is 3.26 Å². The molecule has 0 aromatic carbocycles. The van der Waals surface area contributed by atoms with Crippen LogP contribution in [0.2, 0.25) is 0 Å². The molecule has 1 heterocycles. The summed E-state index contributed by atoms with van der Waals surface area (Å²) in [4.78, 5) is 0. The molecule has 1 aliphatic heterocycles. The van der Waals surface area contributed by atoms with Crippen LogP contribution in [0, 0.1) is 0 Å². The minimum atomic E-state index is -0.480. The quantitative estimate of drug-likeness (QED) is 0.605. The summed E-state index contributed by atoms with van der Waals surface area (Å²) in [6.07, 6.45) is 3.73. The molecular weight excluding hydrogens is 261 g/mol. The molecule has 1 N–H and O–H groups in total. The van der Waals surface area contributed by atoms with Gasteiger partial charge in [0.1, 0.15) is 0 Å². The maximum atomic E-state index is 3.97. The second-order valence-corrected chi connectivity index (χ2v) is 3.34. The third-order valence-corrected chi connectivity index (χ3v) is 2.33. The van der Waals surface area contributed by atoms with Crippen molar-refractivity contribution >= 4 is 23.4 Å². The molecule has 0 fully saturated rings. The molecule has 1 aliphatic rings. The number of hydrogen-bond acceptors (Lipinski definition) is 2. The van der Waals surface area contributed by atoms with E-state index in [0.29, 0.717) is 0 Å². The van der Waals surface area contributed by atoms with Gasteiger partial charge < -0.3 is 0 Å². The van der Waals surface area contributed by atoms with E-state index < -0.39 is 23.4 Å². The second-order valence-electron chi connectivity index (χ2n) is 0.660. The molecule has 0 amide bonds. The van der Waals surface area contributed by atoms with Crippen molar-refractivity contribution < 1.29 is 0 Å². The van der Waals surface area contributed by atoms with Crippen molar-refractivity contribution in [3.05, 3.63) is 12.4 Å². The van der Waals surface area contributed by atoms with E-state index in [2.05, 4.69) is 6.13 Å².